The summed E-state index contributed by atoms with van der Waals surface area (Å²) >= 11 is 5.55. The molecule has 4 nitrogen and oxygen atoms in total. The molecular formula is C11H7ClNO3-. The van der Waals surface area contributed by atoms with Gasteiger partial charge in [0, 0.05) is 5.56 Å². The van der Waals surface area contributed by atoms with Crippen molar-refractivity contribution in [1.29, 1.82) is 0 Å². The third kappa shape index (κ3) is 1.79. The first-order valence-corrected chi connectivity index (χ1v) is 5.08. The van der Waals surface area contributed by atoms with Gasteiger partial charge in [-0.3, -0.25) is 0 Å². The number of benzene rings is 1. The van der Waals surface area contributed by atoms with E-state index in [9.17, 15) is 9.90 Å². The lowest BCUT2D eigenvalue weighted by Crippen LogP contribution is -2.23. The third-order valence-corrected chi connectivity index (χ3v) is 2.38. The van der Waals surface area contributed by atoms with Gasteiger partial charge in [-0.15, -0.1) is 11.6 Å². The molecule has 0 aliphatic heterocycles. The van der Waals surface area contributed by atoms with Crippen molar-refractivity contribution in [3.05, 3.63) is 41.7 Å². The highest BCUT2D eigenvalue weighted by Gasteiger charge is 2.17. The van der Waals surface area contributed by atoms with Crippen molar-refractivity contribution in [2.24, 2.45) is 0 Å². The minimum Gasteiger partial charge on any atom is -0.545 e. The summed E-state index contributed by atoms with van der Waals surface area (Å²) in [5, 5.41) is 14.7. The molecule has 1 heterocycles. The fourth-order valence-corrected chi connectivity index (χ4v) is 1.60. The second-order valence-corrected chi connectivity index (χ2v) is 3.38. The molecule has 1 aromatic heterocycles. The van der Waals surface area contributed by atoms with E-state index in [0.29, 0.717) is 5.56 Å². The van der Waals surface area contributed by atoms with Crippen LogP contribution in [0.1, 0.15) is 16.1 Å². The van der Waals surface area contributed by atoms with E-state index in [1.165, 1.54) is 0 Å². The number of carbonyl (C=O) groups is 1. The van der Waals surface area contributed by atoms with Gasteiger partial charge in [-0.1, -0.05) is 35.5 Å². The van der Waals surface area contributed by atoms with Crippen molar-refractivity contribution in [2.75, 3.05) is 0 Å². The van der Waals surface area contributed by atoms with Crippen molar-refractivity contribution in [1.82, 2.24) is 5.16 Å². The number of nitrogens with zero attached hydrogens (tertiary/aromatic N) is 1. The molecule has 0 spiro atoms. The highest BCUT2D eigenvalue weighted by Crippen LogP contribution is 2.25. The van der Waals surface area contributed by atoms with Crippen molar-refractivity contribution in [2.45, 2.75) is 5.88 Å². The topological polar surface area (TPSA) is 66.2 Å². The third-order valence-electron chi connectivity index (χ3n) is 2.14. The Morgan fingerprint density at radius 3 is 2.62 bits per heavy atom. The normalized spacial score (nSPS) is 10.3. The Morgan fingerprint density at radius 1 is 1.38 bits per heavy atom. The van der Waals surface area contributed by atoms with Crippen LogP contribution in [0.5, 0.6) is 0 Å². The fourth-order valence-electron chi connectivity index (χ4n) is 1.42. The number of aromatic nitrogens is 1. The standard InChI is InChI=1S/C11H8ClNO3/c12-6-8-9(11(14)15)10(13-16-8)7-4-2-1-3-5-7/h1-5H,6H2,(H,14,15)/p-1. The minimum atomic E-state index is -1.34. The number of hydrogen-bond donors (Lipinski definition) is 0. The molecule has 0 aliphatic carbocycles. The van der Waals surface area contributed by atoms with Gasteiger partial charge >= 0.3 is 0 Å². The Bertz CT molecular complexity index is 507. The van der Waals surface area contributed by atoms with Crippen LogP contribution in [-0.4, -0.2) is 11.1 Å². The quantitative estimate of drug-likeness (QED) is 0.757. The predicted molar refractivity (Wildman–Crippen MR) is 55.8 cm³/mol. The average Bonchev–Trinajstić information content (AvgIpc) is 2.73. The summed E-state index contributed by atoms with van der Waals surface area (Å²) in [5.74, 6) is -1.28. The van der Waals surface area contributed by atoms with Gasteiger partial charge in [-0.2, -0.15) is 0 Å². The maximum Gasteiger partial charge on any atom is 0.161 e. The van der Waals surface area contributed by atoms with E-state index in [4.69, 9.17) is 16.1 Å². The van der Waals surface area contributed by atoms with Crippen molar-refractivity contribution in [3.63, 3.8) is 0 Å². The Morgan fingerprint density at radius 2 is 2.06 bits per heavy atom. The average molecular weight is 237 g/mol. The molecule has 1 aromatic carbocycles. The zero-order valence-corrected chi connectivity index (χ0v) is 8.90. The zero-order chi connectivity index (χ0) is 11.5. The summed E-state index contributed by atoms with van der Waals surface area (Å²) in [5.41, 5.74) is 0.819. The molecular weight excluding hydrogens is 230 g/mol. The molecule has 0 saturated carbocycles. The Labute approximate surface area is 96.4 Å². The van der Waals surface area contributed by atoms with Crippen molar-refractivity contribution < 1.29 is 14.4 Å². The zero-order valence-electron chi connectivity index (χ0n) is 8.14. The number of carbonyl (C=O) groups excluding carboxylic acids is 1. The van der Waals surface area contributed by atoms with Gasteiger partial charge in [-0.05, 0) is 0 Å². The number of alkyl halides is 1. The molecule has 0 bridgehead atoms. The van der Waals surface area contributed by atoms with E-state index >= 15 is 0 Å². The molecule has 0 atom stereocenters. The van der Waals surface area contributed by atoms with Gasteiger partial charge in [0.05, 0.1) is 17.4 Å². The summed E-state index contributed by atoms with van der Waals surface area (Å²) in [7, 11) is 0. The van der Waals surface area contributed by atoms with E-state index in [1.54, 1.807) is 24.3 Å². The lowest BCUT2D eigenvalue weighted by Gasteiger charge is -2.03. The van der Waals surface area contributed by atoms with Crippen molar-refractivity contribution in [3.8, 4) is 11.3 Å². The summed E-state index contributed by atoms with van der Waals surface area (Å²) in [6.07, 6.45) is 0. The number of rotatable bonds is 3. The van der Waals surface area contributed by atoms with E-state index in [-0.39, 0.29) is 22.9 Å². The molecule has 82 valence electrons. The maximum atomic E-state index is 11.0. The lowest BCUT2D eigenvalue weighted by molar-refractivity contribution is -0.255. The molecule has 16 heavy (non-hydrogen) atoms. The Hall–Kier alpha value is -1.81. The lowest BCUT2D eigenvalue weighted by atomic mass is 10.1. The highest BCUT2D eigenvalue weighted by atomic mass is 35.5. The Balaban J connectivity index is 2.58. The van der Waals surface area contributed by atoms with Gasteiger partial charge in [0.2, 0.25) is 0 Å². The number of carboxylic acids is 1. The van der Waals surface area contributed by atoms with Crippen LogP contribution in [-0.2, 0) is 5.88 Å². The summed E-state index contributed by atoms with van der Waals surface area (Å²) in [6, 6.07) is 8.86. The monoisotopic (exact) mass is 236 g/mol. The largest absolute Gasteiger partial charge is 0.545 e. The van der Waals surface area contributed by atoms with E-state index in [0.717, 1.165) is 0 Å². The van der Waals surface area contributed by atoms with Gasteiger partial charge in [0.1, 0.15) is 5.69 Å². The molecule has 0 saturated heterocycles. The highest BCUT2D eigenvalue weighted by molar-refractivity contribution is 6.17. The molecule has 0 aliphatic rings. The summed E-state index contributed by atoms with van der Waals surface area (Å²) in [4.78, 5) is 11.0. The SMILES string of the molecule is O=C([O-])c1c(-c2ccccc2)noc1CCl. The molecule has 5 heteroatoms. The smallest absolute Gasteiger partial charge is 0.161 e. The first-order valence-electron chi connectivity index (χ1n) is 4.55. The first kappa shape index (κ1) is 10.7. The van der Waals surface area contributed by atoms with Crippen LogP contribution in [0.3, 0.4) is 0 Å². The number of halogens is 1. The summed E-state index contributed by atoms with van der Waals surface area (Å²) < 4.78 is 4.86. The van der Waals surface area contributed by atoms with Crippen LogP contribution < -0.4 is 5.11 Å². The van der Waals surface area contributed by atoms with Crippen LogP contribution in [0.2, 0.25) is 0 Å². The molecule has 0 amide bonds. The van der Waals surface area contributed by atoms with Crippen LogP contribution in [0, 0.1) is 0 Å². The fraction of sp³-hybridized carbons (Fsp3) is 0.0909. The van der Waals surface area contributed by atoms with Gasteiger partial charge < -0.3 is 14.4 Å². The van der Waals surface area contributed by atoms with Gasteiger partial charge in [0.25, 0.3) is 0 Å². The van der Waals surface area contributed by atoms with Crippen LogP contribution in [0.15, 0.2) is 34.9 Å². The molecule has 2 aromatic rings. The molecule has 0 unspecified atom stereocenters. The minimum absolute atomic E-state index is 0.0524. The van der Waals surface area contributed by atoms with Crippen molar-refractivity contribution >= 4 is 17.6 Å². The van der Waals surface area contributed by atoms with E-state index < -0.39 is 5.97 Å². The molecule has 0 fully saturated rings. The second kappa shape index (κ2) is 4.37. The predicted octanol–water partition coefficient (Wildman–Crippen LogP) is 1.44. The number of aromatic carboxylic acids is 1. The first-order chi connectivity index (χ1) is 7.74. The van der Waals surface area contributed by atoms with Gasteiger partial charge in [0.15, 0.2) is 5.76 Å². The molecule has 2 rings (SSSR count). The maximum absolute atomic E-state index is 11.0. The number of carboxylic acid groups (broad SMARTS) is 1. The van der Waals surface area contributed by atoms with Gasteiger partial charge in [-0.25, -0.2) is 0 Å². The second-order valence-electron chi connectivity index (χ2n) is 3.12. The van der Waals surface area contributed by atoms with E-state index in [2.05, 4.69) is 5.16 Å². The molecule has 0 N–H and O–H groups in total. The van der Waals surface area contributed by atoms with Crippen LogP contribution in [0.25, 0.3) is 11.3 Å². The summed E-state index contributed by atoms with van der Waals surface area (Å²) in [6.45, 7) is 0. The number of hydrogen-bond acceptors (Lipinski definition) is 4. The van der Waals surface area contributed by atoms with E-state index in [1.807, 2.05) is 6.07 Å². The molecule has 0 radical (unpaired) electrons. The van der Waals surface area contributed by atoms with Crippen LogP contribution >= 0.6 is 11.6 Å². The van der Waals surface area contributed by atoms with Crippen LogP contribution in [0.4, 0.5) is 0 Å². The Kier molecular flexibility index (Phi) is 2.92.